The number of rotatable bonds is 6. The van der Waals surface area contributed by atoms with Crippen LogP contribution in [0.1, 0.15) is 26.2 Å². The van der Waals surface area contributed by atoms with Gasteiger partial charge in [-0.3, -0.25) is 0 Å². The molecule has 0 atom stereocenters. The van der Waals surface area contributed by atoms with Crippen molar-refractivity contribution >= 4 is 15.5 Å². The fourth-order valence-corrected chi connectivity index (χ4v) is 3.55. The molecule has 0 saturated heterocycles. The molecule has 1 aromatic carbocycles. The molecule has 1 saturated carbocycles. The summed E-state index contributed by atoms with van der Waals surface area (Å²) >= 11 is 0. The Balaban J connectivity index is 2.41. The molecule has 0 heterocycles. The first-order valence-corrected chi connectivity index (χ1v) is 8.54. The quantitative estimate of drug-likeness (QED) is 0.864. The Kier molecular flexibility index (Phi) is 4.47. The molecule has 0 radical (unpaired) electrons. The summed E-state index contributed by atoms with van der Waals surface area (Å²) in [7, 11) is -3.19. The number of nitrogens with zero attached hydrogens (tertiary/aromatic N) is 1. The molecule has 1 aromatic rings. The highest BCUT2D eigenvalue weighted by Gasteiger charge is 2.28. The molecular weight excluding hydrogens is 260 g/mol. The summed E-state index contributed by atoms with van der Waals surface area (Å²) in [6.07, 6.45) is 3.47. The van der Waals surface area contributed by atoms with Crippen LogP contribution in [0.3, 0.4) is 0 Å². The van der Waals surface area contributed by atoms with Gasteiger partial charge < -0.3 is 10.6 Å². The smallest absolute Gasteiger partial charge is 0.180 e. The maximum absolute atomic E-state index is 12.2. The second kappa shape index (κ2) is 5.92. The van der Waals surface area contributed by atoms with Gasteiger partial charge in [-0.1, -0.05) is 19.1 Å². The highest BCUT2D eigenvalue weighted by atomic mass is 32.2. The first-order chi connectivity index (χ1) is 9.10. The van der Waals surface area contributed by atoms with Crippen molar-refractivity contribution in [2.45, 2.75) is 37.1 Å². The van der Waals surface area contributed by atoms with E-state index in [9.17, 15) is 8.42 Å². The van der Waals surface area contributed by atoms with Crippen molar-refractivity contribution in [2.75, 3.05) is 23.7 Å². The summed E-state index contributed by atoms with van der Waals surface area (Å²) in [4.78, 5) is 2.62. The molecule has 0 amide bonds. The van der Waals surface area contributed by atoms with E-state index in [1.807, 2.05) is 12.1 Å². The van der Waals surface area contributed by atoms with Crippen LogP contribution in [0.15, 0.2) is 29.2 Å². The lowest BCUT2D eigenvalue weighted by atomic mass is 9.91. The molecule has 0 spiro atoms. The highest BCUT2D eigenvalue weighted by Crippen LogP contribution is 2.33. The fraction of sp³-hybridized carbons (Fsp3) is 0.571. The molecule has 106 valence electrons. The minimum atomic E-state index is -3.19. The topological polar surface area (TPSA) is 63.4 Å². The van der Waals surface area contributed by atoms with Crippen LogP contribution in [-0.4, -0.2) is 33.3 Å². The molecular formula is C14H22N2O2S. The molecule has 19 heavy (non-hydrogen) atoms. The highest BCUT2D eigenvalue weighted by molar-refractivity contribution is 7.91. The molecule has 0 bridgehead atoms. The fourth-order valence-electron chi connectivity index (χ4n) is 2.45. The number of hydrogen-bond acceptors (Lipinski definition) is 4. The zero-order chi connectivity index (χ0) is 13.9. The van der Waals surface area contributed by atoms with E-state index >= 15 is 0 Å². The summed E-state index contributed by atoms with van der Waals surface area (Å²) in [5.41, 5.74) is 6.50. The summed E-state index contributed by atoms with van der Waals surface area (Å²) in [6, 6.07) is 7.73. The van der Waals surface area contributed by atoms with Gasteiger partial charge in [0.1, 0.15) is 0 Å². The van der Waals surface area contributed by atoms with E-state index in [-0.39, 0.29) is 5.75 Å². The van der Waals surface area contributed by atoms with Gasteiger partial charge >= 0.3 is 0 Å². The Hall–Kier alpha value is -1.07. The maximum atomic E-state index is 12.2. The molecule has 1 fully saturated rings. The lowest BCUT2D eigenvalue weighted by Crippen LogP contribution is -2.43. The van der Waals surface area contributed by atoms with Gasteiger partial charge in [0.25, 0.3) is 0 Å². The lowest BCUT2D eigenvalue weighted by Gasteiger charge is -2.40. The minimum absolute atomic E-state index is 0.130. The average Bonchev–Trinajstić information content (AvgIpc) is 2.36. The third kappa shape index (κ3) is 2.92. The molecule has 4 nitrogen and oxygen atoms in total. The molecule has 0 aliphatic heterocycles. The zero-order valence-electron chi connectivity index (χ0n) is 11.4. The molecule has 5 heteroatoms. The third-order valence-corrected chi connectivity index (χ3v) is 5.55. The van der Waals surface area contributed by atoms with Crippen molar-refractivity contribution in [2.24, 2.45) is 5.73 Å². The van der Waals surface area contributed by atoms with E-state index in [1.54, 1.807) is 19.1 Å². The molecule has 1 aliphatic carbocycles. The molecule has 2 N–H and O–H groups in total. The van der Waals surface area contributed by atoms with E-state index in [0.29, 0.717) is 24.0 Å². The third-order valence-electron chi connectivity index (χ3n) is 3.78. The Bertz CT molecular complexity index is 524. The Morgan fingerprint density at radius 2 is 2.00 bits per heavy atom. The SMILES string of the molecule is CCS(=O)(=O)c1ccccc1N(CCN)C1CCC1. The number of sulfone groups is 1. The maximum Gasteiger partial charge on any atom is 0.180 e. The predicted octanol–water partition coefficient (Wildman–Crippen LogP) is 1.80. The second-order valence-corrected chi connectivity index (χ2v) is 7.18. The second-order valence-electron chi connectivity index (χ2n) is 4.94. The summed E-state index contributed by atoms with van der Waals surface area (Å²) in [5, 5.41) is 0. The van der Waals surface area contributed by atoms with Crippen molar-refractivity contribution in [3.05, 3.63) is 24.3 Å². The van der Waals surface area contributed by atoms with Gasteiger partial charge in [0.2, 0.25) is 0 Å². The van der Waals surface area contributed by atoms with Crippen LogP contribution in [0.2, 0.25) is 0 Å². The van der Waals surface area contributed by atoms with E-state index < -0.39 is 9.84 Å². The summed E-state index contributed by atoms with van der Waals surface area (Å²) < 4.78 is 24.4. The molecule has 1 aliphatic rings. The lowest BCUT2D eigenvalue weighted by molar-refractivity contribution is 0.386. The van der Waals surface area contributed by atoms with Crippen LogP contribution in [-0.2, 0) is 9.84 Å². The predicted molar refractivity (Wildman–Crippen MR) is 78.2 cm³/mol. The molecule has 0 unspecified atom stereocenters. The largest absolute Gasteiger partial charge is 0.366 e. The monoisotopic (exact) mass is 282 g/mol. The first kappa shape index (κ1) is 14.3. The van der Waals surface area contributed by atoms with Gasteiger partial charge in [-0.2, -0.15) is 0 Å². The summed E-state index contributed by atoms with van der Waals surface area (Å²) in [5.74, 6) is 0.130. The number of benzene rings is 1. The Labute approximate surface area is 115 Å². The van der Waals surface area contributed by atoms with Crippen LogP contribution >= 0.6 is 0 Å². The van der Waals surface area contributed by atoms with E-state index in [0.717, 1.165) is 18.5 Å². The summed E-state index contributed by atoms with van der Waals surface area (Å²) in [6.45, 7) is 2.93. The van der Waals surface area contributed by atoms with Gasteiger partial charge in [-0.25, -0.2) is 8.42 Å². The van der Waals surface area contributed by atoms with Crippen LogP contribution in [0, 0.1) is 0 Å². The molecule has 0 aromatic heterocycles. The average molecular weight is 282 g/mol. The normalized spacial score (nSPS) is 16.1. The number of para-hydroxylation sites is 1. The van der Waals surface area contributed by atoms with Gasteiger partial charge in [0.05, 0.1) is 16.3 Å². The Morgan fingerprint density at radius 1 is 1.32 bits per heavy atom. The van der Waals surface area contributed by atoms with Crippen LogP contribution < -0.4 is 10.6 Å². The van der Waals surface area contributed by atoms with E-state index in [2.05, 4.69) is 4.90 Å². The van der Waals surface area contributed by atoms with Gasteiger partial charge in [-0.15, -0.1) is 0 Å². The number of hydrogen-bond donors (Lipinski definition) is 1. The van der Waals surface area contributed by atoms with Crippen LogP contribution in [0.5, 0.6) is 0 Å². The van der Waals surface area contributed by atoms with Crippen LogP contribution in [0.25, 0.3) is 0 Å². The van der Waals surface area contributed by atoms with Crippen molar-refractivity contribution in [3.8, 4) is 0 Å². The zero-order valence-corrected chi connectivity index (χ0v) is 12.2. The molecule has 2 rings (SSSR count). The van der Waals surface area contributed by atoms with Crippen molar-refractivity contribution in [3.63, 3.8) is 0 Å². The van der Waals surface area contributed by atoms with Crippen molar-refractivity contribution in [1.82, 2.24) is 0 Å². The number of nitrogens with two attached hydrogens (primary N) is 1. The van der Waals surface area contributed by atoms with Crippen LogP contribution in [0.4, 0.5) is 5.69 Å². The number of anilines is 1. The Morgan fingerprint density at radius 3 is 2.53 bits per heavy atom. The van der Waals surface area contributed by atoms with Gasteiger partial charge in [0.15, 0.2) is 9.84 Å². The van der Waals surface area contributed by atoms with Gasteiger partial charge in [-0.05, 0) is 31.4 Å². The van der Waals surface area contributed by atoms with E-state index in [1.165, 1.54) is 6.42 Å². The van der Waals surface area contributed by atoms with E-state index in [4.69, 9.17) is 5.73 Å². The van der Waals surface area contributed by atoms with Crippen molar-refractivity contribution < 1.29 is 8.42 Å². The minimum Gasteiger partial charge on any atom is -0.366 e. The van der Waals surface area contributed by atoms with Gasteiger partial charge in [0, 0.05) is 19.1 Å². The first-order valence-electron chi connectivity index (χ1n) is 6.88. The standard InChI is InChI=1S/C14H22N2O2S/c1-2-19(17,18)14-9-4-3-8-13(14)16(11-10-15)12-6-5-7-12/h3-4,8-9,12H,2,5-7,10-11,15H2,1H3. The van der Waals surface area contributed by atoms with Crippen molar-refractivity contribution in [1.29, 1.82) is 0 Å².